The summed E-state index contributed by atoms with van der Waals surface area (Å²) in [6, 6.07) is 19.0. The van der Waals surface area contributed by atoms with Crippen LogP contribution in [0.3, 0.4) is 0 Å². The van der Waals surface area contributed by atoms with Crippen LogP contribution in [0.2, 0.25) is 0 Å². The third-order valence-corrected chi connectivity index (χ3v) is 20.0. The summed E-state index contributed by atoms with van der Waals surface area (Å²) in [6.07, 6.45) is 6.42. The Balaban J connectivity index is 0.819. The summed E-state index contributed by atoms with van der Waals surface area (Å²) in [7, 11) is -9.74. The van der Waals surface area contributed by atoms with Crippen molar-refractivity contribution in [3.8, 4) is 11.6 Å². The van der Waals surface area contributed by atoms with Crippen molar-refractivity contribution in [2.24, 2.45) is 5.41 Å². The molecule has 1 spiro atoms. The van der Waals surface area contributed by atoms with Crippen molar-refractivity contribution in [1.82, 2.24) is 19.6 Å². The Labute approximate surface area is 463 Å². The molecule has 5 N–H and O–H groups in total. The van der Waals surface area contributed by atoms with Crippen LogP contribution in [0.5, 0.6) is 11.6 Å². The number of phosphoric acid groups is 1. The van der Waals surface area contributed by atoms with Gasteiger partial charge in [-0.15, -0.1) is 0 Å². The first-order chi connectivity index (χ1) is 38.2. The minimum Gasteiger partial charge on any atom is -0.489 e. The number of ether oxygens (including phenoxy) is 4. The fourth-order valence-corrected chi connectivity index (χ4v) is 15.4. The molecule has 4 atom stereocenters. The fourth-order valence-electron chi connectivity index (χ4n) is 13.7. The van der Waals surface area contributed by atoms with E-state index in [0.29, 0.717) is 54.5 Å². The number of aromatic amines is 1. The molecule has 12 rings (SSSR count). The summed E-state index contributed by atoms with van der Waals surface area (Å²) in [5, 5.41) is 16.3. The third-order valence-electron chi connectivity index (χ3n) is 18.1. The van der Waals surface area contributed by atoms with Crippen molar-refractivity contribution in [1.29, 1.82) is 0 Å². The van der Waals surface area contributed by atoms with Crippen molar-refractivity contribution in [2.45, 2.75) is 137 Å². The van der Waals surface area contributed by atoms with Gasteiger partial charge in [0.15, 0.2) is 11.4 Å². The van der Waals surface area contributed by atoms with Gasteiger partial charge < -0.3 is 48.8 Å². The van der Waals surface area contributed by atoms with E-state index in [1.54, 1.807) is 12.3 Å². The number of aromatic nitrogens is 2. The maximum Gasteiger partial charge on any atom is 0.470 e. The number of anilines is 4. The van der Waals surface area contributed by atoms with E-state index >= 15 is 4.39 Å². The van der Waals surface area contributed by atoms with Crippen molar-refractivity contribution < 1.29 is 60.3 Å². The molecular formula is C56H68FN8O13PS. The van der Waals surface area contributed by atoms with E-state index in [0.717, 1.165) is 81.6 Å². The molecule has 7 aliphatic rings. The second-order valence-corrected chi connectivity index (χ2v) is 26.3. The number of carbonyl (C=O) groups is 1. The molecule has 7 heterocycles. The van der Waals surface area contributed by atoms with Crippen LogP contribution in [0.25, 0.3) is 11.0 Å². The number of carbonyl (C=O) groups excluding carboxylic acids is 1. The molecule has 24 heteroatoms. The van der Waals surface area contributed by atoms with Gasteiger partial charge in [0, 0.05) is 68.3 Å². The number of nitro groups is 1. The molecule has 80 heavy (non-hydrogen) atoms. The van der Waals surface area contributed by atoms with Gasteiger partial charge in [-0.25, -0.2) is 22.1 Å². The number of piperidine rings is 1. The fraction of sp³-hybridized carbons (Fsp3) is 0.536. The van der Waals surface area contributed by atoms with Gasteiger partial charge >= 0.3 is 7.82 Å². The highest BCUT2D eigenvalue weighted by molar-refractivity contribution is 7.90. The molecule has 0 bridgehead atoms. The zero-order chi connectivity index (χ0) is 55.9. The van der Waals surface area contributed by atoms with Gasteiger partial charge in [-0.2, -0.15) is 4.98 Å². The molecule has 3 saturated heterocycles. The number of hydrogen-bond acceptors (Lipinski definition) is 16. The van der Waals surface area contributed by atoms with Crippen LogP contribution >= 0.6 is 7.82 Å². The summed E-state index contributed by atoms with van der Waals surface area (Å²) < 4.78 is 88.9. The number of benzene rings is 3. The zero-order valence-corrected chi connectivity index (χ0v) is 46.7. The number of fused-ring (bicyclic) bond motifs is 4. The lowest BCUT2D eigenvalue weighted by atomic mass is 9.59. The van der Waals surface area contributed by atoms with E-state index < -0.39 is 62.7 Å². The first kappa shape index (κ1) is 54.7. The molecule has 5 aromatic rings. The van der Waals surface area contributed by atoms with E-state index in [9.17, 15) is 37.7 Å². The molecule has 21 nitrogen and oxygen atoms in total. The predicted molar refractivity (Wildman–Crippen MR) is 295 cm³/mol. The first-order valence-corrected chi connectivity index (χ1v) is 30.8. The highest BCUT2D eigenvalue weighted by Gasteiger charge is 2.52. The predicted octanol–water partition coefficient (Wildman–Crippen LogP) is 8.94. The number of sulfonamides is 1. The minimum absolute atomic E-state index is 0.0196. The summed E-state index contributed by atoms with van der Waals surface area (Å²) in [4.78, 5) is 60.0. The van der Waals surface area contributed by atoms with E-state index in [1.807, 2.05) is 29.2 Å². The van der Waals surface area contributed by atoms with Crippen molar-refractivity contribution in [3.63, 3.8) is 0 Å². The Hall–Kier alpha value is -5.91. The lowest BCUT2D eigenvalue weighted by Crippen LogP contribution is -2.56. The summed E-state index contributed by atoms with van der Waals surface area (Å²) in [5.41, 5.74) is 1.08. The van der Waals surface area contributed by atoms with E-state index in [-0.39, 0.29) is 73.4 Å². The van der Waals surface area contributed by atoms with Crippen molar-refractivity contribution in [3.05, 3.63) is 99.7 Å². The number of nitro benzene ring substituents is 1. The second-order valence-electron chi connectivity index (χ2n) is 23.5. The quantitative estimate of drug-likeness (QED) is 0.0443. The molecule has 2 aromatic heterocycles. The normalized spacial score (nSPS) is 27.2. The molecule has 3 aromatic carbocycles. The number of halogens is 1. The molecule has 0 radical (unpaired) electrons. The highest BCUT2D eigenvalue weighted by atomic mass is 32.2. The molecule has 0 unspecified atom stereocenters. The molecule has 5 fully saturated rings. The van der Waals surface area contributed by atoms with Gasteiger partial charge in [0.05, 0.1) is 58.0 Å². The number of rotatable bonds is 12. The first-order valence-electron chi connectivity index (χ1n) is 27.8. The summed E-state index contributed by atoms with van der Waals surface area (Å²) >= 11 is 0. The number of hydrogen-bond donors (Lipinski definition) is 5. The largest absolute Gasteiger partial charge is 0.489 e. The average molecular weight is 1140 g/mol. The maximum absolute atomic E-state index is 16.6. The van der Waals surface area contributed by atoms with Crippen LogP contribution in [0.1, 0.15) is 118 Å². The standard InChI is InChI=1S/C56H68FN8O13PS/c1-34(2)39-7-4-5-8-40(39)46-31-74-23-6-20-63(46)37-29-55(30-37)17-21-62(22-18-55)36-9-10-41(43(26-36)64-42-12-24-75-32-48(42)77-53-45(64)25-35-11-19-58-51(35)60-53)52(66)61-80(72,73)38-27-44(65(67)68)50-47(28-38)76-33-49(59-50)56(57)15-13-54(3,14-16-56)78-79(69,70)71/h4-5,7-11,19,25-28,34,37,42,46,48-49,59H,6,12-18,20-24,29-33H2,1-3H3,(H,58,60)(H,61,66)(H2,69,70,71)/t42-,46-,48-,49+,54?,56?/m0/s1. The molecular weight excluding hydrogens is 1070 g/mol. The van der Waals surface area contributed by atoms with Crippen molar-refractivity contribution in [2.75, 3.05) is 67.8 Å². The SMILES string of the molecule is CC(C)c1ccccc1[C@@H]1COCCCN1C1CC2(CCN(c3ccc(C(=O)NS(=O)(=O)c4cc5c(c([N+](=O)[O-])c4)N[C@@H](C4(F)CCC(C)(OP(=O)(O)O)CC4)CO5)c(N4c5cc6cc[nH]c6nc5O[C@H]5COCC[C@@H]54)c3)CC2)C1. The maximum atomic E-state index is 16.6. The van der Waals surface area contributed by atoms with Gasteiger partial charge in [0.1, 0.15) is 29.7 Å². The van der Waals surface area contributed by atoms with Crippen LogP contribution in [-0.4, -0.2) is 132 Å². The molecule has 1 amide bonds. The van der Waals surface area contributed by atoms with Crippen LogP contribution < -0.4 is 29.3 Å². The smallest absolute Gasteiger partial charge is 0.470 e. The number of nitrogens with one attached hydrogen (secondary N) is 3. The Morgan fingerprint density at radius 1 is 0.963 bits per heavy atom. The number of pyridine rings is 1. The van der Waals surface area contributed by atoms with Gasteiger partial charge in [-0.05, 0) is 124 Å². The minimum atomic E-state index is -4.87. The molecule has 5 aliphatic heterocycles. The van der Waals surface area contributed by atoms with Crippen LogP contribution in [-0.2, 0) is 28.6 Å². The zero-order valence-electron chi connectivity index (χ0n) is 45.0. The topological polar surface area (TPSA) is 260 Å². The van der Waals surface area contributed by atoms with Gasteiger partial charge in [0.25, 0.3) is 21.6 Å². The van der Waals surface area contributed by atoms with Crippen LogP contribution in [0, 0.1) is 15.5 Å². The monoisotopic (exact) mass is 1140 g/mol. The Bertz CT molecular complexity index is 3370. The molecule has 428 valence electrons. The van der Waals surface area contributed by atoms with Gasteiger partial charge in [-0.3, -0.25) is 24.3 Å². The number of nitrogens with zero attached hydrogens (tertiary/aromatic N) is 5. The lowest BCUT2D eigenvalue weighted by molar-refractivity contribution is -0.384. The summed E-state index contributed by atoms with van der Waals surface area (Å²) in [5.74, 6) is -0.517. The number of H-pyrrole nitrogens is 1. The van der Waals surface area contributed by atoms with Gasteiger partial charge in [0.2, 0.25) is 5.88 Å². The number of amides is 1. The van der Waals surface area contributed by atoms with Gasteiger partial charge in [-0.1, -0.05) is 38.1 Å². The van der Waals surface area contributed by atoms with E-state index in [2.05, 4.69) is 62.9 Å². The average Bonchev–Trinajstić information content (AvgIpc) is 3.82. The Kier molecular flexibility index (Phi) is 14.2. The third kappa shape index (κ3) is 10.4. The highest BCUT2D eigenvalue weighted by Crippen LogP contribution is 2.55. The van der Waals surface area contributed by atoms with E-state index in [4.69, 9.17) is 28.5 Å². The van der Waals surface area contributed by atoms with E-state index in [1.165, 1.54) is 18.1 Å². The second kappa shape index (κ2) is 20.8. The number of alkyl halides is 1. The van der Waals surface area contributed by atoms with Crippen LogP contribution in [0.15, 0.2) is 77.8 Å². The lowest BCUT2D eigenvalue weighted by Gasteiger charge is -2.56. The van der Waals surface area contributed by atoms with Crippen LogP contribution in [0.4, 0.5) is 32.8 Å². The summed E-state index contributed by atoms with van der Waals surface area (Å²) in [6.45, 7) is 10.3. The van der Waals surface area contributed by atoms with Crippen molar-refractivity contribution >= 4 is 63.2 Å². The Morgan fingerprint density at radius 3 is 2.48 bits per heavy atom. The number of phosphoric ester groups is 1. The molecule has 2 saturated carbocycles. The molecule has 2 aliphatic carbocycles. The Morgan fingerprint density at radius 2 is 1.73 bits per heavy atom.